The topological polar surface area (TPSA) is 60.1 Å². The average molecular weight is 367 g/mol. The number of rotatable bonds is 5. The zero-order valence-electron chi connectivity index (χ0n) is 13.9. The normalized spacial score (nSPS) is 19.9. The summed E-state index contributed by atoms with van der Waals surface area (Å²) in [7, 11) is -0.965. The molecule has 1 aromatic heterocycles. The minimum Gasteiger partial charge on any atom is -0.300 e. The summed E-state index contributed by atoms with van der Waals surface area (Å²) in [5.74, 6) is 1.33. The molecule has 8 heteroatoms. The fourth-order valence-electron chi connectivity index (χ4n) is 3.07. The highest BCUT2D eigenvalue weighted by Gasteiger charge is 2.31. The van der Waals surface area contributed by atoms with Crippen LogP contribution in [0.4, 0.5) is 0 Å². The number of benzene rings is 1. The summed E-state index contributed by atoms with van der Waals surface area (Å²) in [5, 5.41) is 4.68. The monoisotopic (exact) mass is 366 g/mol. The van der Waals surface area contributed by atoms with Gasteiger partial charge in [0.05, 0.1) is 18.2 Å². The minimum absolute atomic E-state index is 0.0313. The van der Waals surface area contributed by atoms with Gasteiger partial charge in [0.1, 0.15) is 0 Å². The molecule has 2 heterocycles. The second kappa shape index (κ2) is 6.78. The first-order chi connectivity index (χ1) is 11.4. The maximum absolute atomic E-state index is 11.7. The van der Waals surface area contributed by atoms with Crippen LogP contribution in [0.1, 0.15) is 13.3 Å². The Balaban J connectivity index is 1.87. The molecule has 1 atom stereocenters. The largest absolute Gasteiger partial charge is 0.300 e. The summed E-state index contributed by atoms with van der Waals surface area (Å²) in [4.78, 5) is 2.03. The maximum atomic E-state index is 11.7. The number of sulfone groups is 1. The average Bonchev–Trinajstić information content (AvgIpc) is 3.08. The lowest BCUT2D eigenvalue weighted by Gasteiger charge is -2.22. The van der Waals surface area contributed by atoms with Crippen LogP contribution in [0.25, 0.3) is 11.4 Å². The molecule has 0 N–H and O–H groups in total. The smallest absolute Gasteiger partial charge is 0.199 e. The predicted octanol–water partition coefficient (Wildman–Crippen LogP) is 2.18. The summed E-state index contributed by atoms with van der Waals surface area (Å²) in [6, 6.07) is 9.99. The molecule has 24 heavy (non-hydrogen) atoms. The highest BCUT2D eigenvalue weighted by Crippen LogP contribution is 2.20. The highest BCUT2D eigenvalue weighted by atomic mass is 32.2. The van der Waals surface area contributed by atoms with Crippen LogP contribution in [0.2, 0.25) is 0 Å². The third-order valence-corrected chi connectivity index (χ3v) is 6.64. The Hall–Kier alpha value is -1.51. The summed E-state index contributed by atoms with van der Waals surface area (Å²) < 4.78 is 27.8. The second-order valence-corrected chi connectivity index (χ2v) is 8.77. The molecule has 0 unspecified atom stereocenters. The lowest BCUT2D eigenvalue weighted by Crippen LogP contribution is -2.34. The Morgan fingerprint density at radius 3 is 2.62 bits per heavy atom. The van der Waals surface area contributed by atoms with E-state index < -0.39 is 9.84 Å². The summed E-state index contributed by atoms with van der Waals surface area (Å²) in [6.45, 7) is 3.28. The van der Waals surface area contributed by atoms with Crippen LogP contribution >= 0.6 is 12.2 Å². The fraction of sp³-hybridized carbons (Fsp3) is 0.500. The lowest BCUT2D eigenvalue weighted by molar-refractivity contribution is 0.196. The van der Waals surface area contributed by atoms with Gasteiger partial charge in [-0.3, -0.25) is 4.90 Å². The molecular formula is C16H22N4O2S2. The van der Waals surface area contributed by atoms with Crippen molar-refractivity contribution >= 4 is 22.1 Å². The van der Waals surface area contributed by atoms with Crippen LogP contribution in [0.5, 0.6) is 0 Å². The van der Waals surface area contributed by atoms with Crippen LogP contribution in [0.15, 0.2) is 30.3 Å². The molecule has 1 aromatic carbocycles. The first-order valence-corrected chi connectivity index (χ1v) is 10.3. The van der Waals surface area contributed by atoms with Crippen molar-refractivity contribution < 1.29 is 8.42 Å². The molecule has 0 radical (unpaired) electrons. The van der Waals surface area contributed by atoms with Crippen molar-refractivity contribution in [2.45, 2.75) is 32.6 Å². The molecule has 0 amide bonds. The van der Waals surface area contributed by atoms with Crippen LogP contribution in [0, 0.1) is 4.77 Å². The molecule has 0 bridgehead atoms. The predicted molar refractivity (Wildman–Crippen MR) is 97.0 cm³/mol. The second-order valence-electron chi connectivity index (χ2n) is 6.17. The molecule has 2 aromatic rings. The number of hydrogen-bond donors (Lipinski definition) is 0. The van der Waals surface area contributed by atoms with Crippen LogP contribution in [-0.4, -0.2) is 52.3 Å². The van der Waals surface area contributed by atoms with Gasteiger partial charge >= 0.3 is 0 Å². The highest BCUT2D eigenvalue weighted by molar-refractivity contribution is 7.91. The van der Waals surface area contributed by atoms with Crippen LogP contribution in [-0.2, 0) is 23.1 Å². The van der Waals surface area contributed by atoms with E-state index in [9.17, 15) is 8.42 Å². The molecule has 1 aliphatic heterocycles. The van der Waals surface area contributed by atoms with Crippen molar-refractivity contribution in [2.24, 2.45) is 0 Å². The van der Waals surface area contributed by atoms with E-state index in [0.29, 0.717) is 17.9 Å². The molecule has 1 fully saturated rings. The summed E-state index contributed by atoms with van der Waals surface area (Å²) >= 11 is 5.57. The van der Waals surface area contributed by atoms with E-state index in [4.69, 9.17) is 12.2 Å². The van der Waals surface area contributed by atoms with Gasteiger partial charge in [0.25, 0.3) is 0 Å². The Kier molecular flexibility index (Phi) is 4.89. The van der Waals surface area contributed by atoms with Crippen molar-refractivity contribution in [3.8, 4) is 11.4 Å². The molecule has 0 aliphatic carbocycles. The van der Waals surface area contributed by atoms with E-state index in [0.717, 1.165) is 17.9 Å². The van der Waals surface area contributed by atoms with Crippen LogP contribution < -0.4 is 0 Å². The molecule has 0 saturated carbocycles. The molecule has 1 aliphatic rings. The zero-order chi connectivity index (χ0) is 17.3. The van der Waals surface area contributed by atoms with Gasteiger partial charge in [-0.2, -0.15) is 5.10 Å². The third-order valence-electron chi connectivity index (χ3n) is 4.46. The number of nitrogens with zero attached hydrogens (tertiary/aromatic N) is 4. The standard InChI is InChI=1S/C16H22N4O2S2/c1-3-19-15(13-7-5-4-6-8-13)17-20(16(19)23)12-18(2)14-9-10-24(21,22)11-14/h4-8,14H,3,9-12H2,1-2H3/t14-/m1/s1. The molecule has 130 valence electrons. The van der Waals surface area contributed by atoms with Gasteiger partial charge in [-0.25, -0.2) is 13.1 Å². The van der Waals surface area contributed by atoms with Crippen molar-refractivity contribution in [3.63, 3.8) is 0 Å². The van der Waals surface area contributed by atoms with Crippen molar-refractivity contribution in [1.82, 2.24) is 19.2 Å². The minimum atomic E-state index is -2.90. The molecule has 1 saturated heterocycles. The van der Waals surface area contributed by atoms with Gasteiger partial charge < -0.3 is 4.57 Å². The van der Waals surface area contributed by atoms with Crippen molar-refractivity contribution in [3.05, 3.63) is 35.1 Å². The maximum Gasteiger partial charge on any atom is 0.199 e. The quantitative estimate of drug-likeness (QED) is 0.759. The Morgan fingerprint density at radius 1 is 1.33 bits per heavy atom. The molecule has 0 spiro atoms. The van der Waals surface area contributed by atoms with Gasteiger partial charge in [-0.15, -0.1) is 0 Å². The first-order valence-electron chi connectivity index (χ1n) is 8.05. The van der Waals surface area contributed by atoms with Crippen molar-refractivity contribution in [2.75, 3.05) is 18.6 Å². The van der Waals surface area contributed by atoms with Gasteiger partial charge in [0.15, 0.2) is 20.4 Å². The summed E-state index contributed by atoms with van der Waals surface area (Å²) in [6.07, 6.45) is 0.673. The van der Waals surface area contributed by atoms with E-state index in [1.807, 2.05) is 53.8 Å². The first kappa shape index (κ1) is 17.3. The number of aromatic nitrogens is 3. The Labute approximate surface area is 147 Å². The Morgan fingerprint density at radius 2 is 2.04 bits per heavy atom. The van der Waals surface area contributed by atoms with Crippen LogP contribution in [0.3, 0.4) is 0 Å². The zero-order valence-corrected chi connectivity index (χ0v) is 15.6. The molecular weight excluding hydrogens is 344 g/mol. The van der Waals surface area contributed by atoms with Gasteiger partial charge in [0.2, 0.25) is 0 Å². The summed E-state index contributed by atoms with van der Waals surface area (Å²) in [5.41, 5.74) is 1.02. The lowest BCUT2D eigenvalue weighted by atomic mass is 10.2. The fourth-order valence-corrected chi connectivity index (χ4v) is 5.19. The van der Waals surface area contributed by atoms with E-state index in [1.54, 1.807) is 4.68 Å². The van der Waals surface area contributed by atoms with Crippen molar-refractivity contribution in [1.29, 1.82) is 0 Å². The van der Waals surface area contributed by atoms with Gasteiger partial charge in [0, 0.05) is 18.2 Å². The van der Waals surface area contributed by atoms with E-state index in [2.05, 4.69) is 5.10 Å². The van der Waals surface area contributed by atoms with E-state index in [1.165, 1.54) is 0 Å². The molecule has 6 nitrogen and oxygen atoms in total. The van der Waals surface area contributed by atoms with Gasteiger partial charge in [-0.05, 0) is 32.6 Å². The molecule has 3 rings (SSSR count). The Bertz CT molecular complexity index is 871. The van der Waals surface area contributed by atoms with Gasteiger partial charge in [-0.1, -0.05) is 30.3 Å². The number of hydrogen-bond acceptors (Lipinski definition) is 5. The van der Waals surface area contributed by atoms with E-state index in [-0.39, 0.29) is 17.5 Å². The van der Waals surface area contributed by atoms with E-state index >= 15 is 0 Å². The SMILES string of the molecule is CCn1c(-c2ccccc2)nn(CN(C)[C@@H]2CCS(=O)(=O)C2)c1=S. The third kappa shape index (κ3) is 3.45.